The van der Waals surface area contributed by atoms with E-state index in [1.54, 1.807) is 0 Å². The third-order valence-corrected chi connectivity index (χ3v) is 3.17. The first-order valence-corrected chi connectivity index (χ1v) is 6.39. The molecule has 1 aromatic rings. The topological polar surface area (TPSA) is 3.24 Å². The van der Waals surface area contributed by atoms with Crippen LogP contribution in [0.2, 0.25) is 0 Å². The van der Waals surface area contributed by atoms with Crippen LogP contribution < -0.4 is 0 Å². The van der Waals surface area contributed by atoms with Crippen molar-refractivity contribution in [1.82, 2.24) is 4.90 Å². The van der Waals surface area contributed by atoms with Crippen LogP contribution in [0.5, 0.6) is 0 Å². The van der Waals surface area contributed by atoms with Gasteiger partial charge in [-0.25, -0.2) is 0 Å². The minimum atomic E-state index is 1.18. The summed E-state index contributed by atoms with van der Waals surface area (Å²) >= 11 is 0. The van der Waals surface area contributed by atoms with E-state index in [1.807, 2.05) is 0 Å². The van der Waals surface area contributed by atoms with Crippen molar-refractivity contribution in [3.05, 3.63) is 42.0 Å². The van der Waals surface area contributed by atoms with Crippen molar-refractivity contribution in [2.24, 2.45) is 0 Å². The fourth-order valence-corrected chi connectivity index (χ4v) is 2.22. The van der Waals surface area contributed by atoms with Gasteiger partial charge in [-0.2, -0.15) is 0 Å². The number of piperidine rings is 1. The average Bonchev–Trinajstić information content (AvgIpc) is 2.37. The molecular weight excluding hydrogens is 194 g/mol. The lowest BCUT2D eigenvalue weighted by atomic mass is 10.1. The van der Waals surface area contributed by atoms with Gasteiger partial charge >= 0.3 is 0 Å². The first-order valence-electron chi connectivity index (χ1n) is 6.39. The average molecular weight is 215 g/mol. The first-order chi connectivity index (χ1) is 7.95. The molecule has 0 unspecified atom stereocenters. The third kappa shape index (κ3) is 3.82. The highest BCUT2D eigenvalue weighted by Crippen LogP contribution is 2.09. The molecule has 86 valence electrons. The second-order valence-electron chi connectivity index (χ2n) is 4.50. The Morgan fingerprint density at radius 3 is 2.50 bits per heavy atom. The Bertz CT molecular complexity index is 309. The lowest BCUT2D eigenvalue weighted by molar-refractivity contribution is 0.233. The van der Waals surface area contributed by atoms with Gasteiger partial charge < -0.3 is 4.90 Å². The summed E-state index contributed by atoms with van der Waals surface area (Å²) in [6, 6.07) is 10.5. The predicted octanol–water partition coefficient (Wildman–Crippen LogP) is 3.58. The molecule has 0 spiro atoms. The second-order valence-corrected chi connectivity index (χ2v) is 4.50. The summed E-state index contributed by atoms with van der Waals surface area (Å²) in [6.45, 7) is 3.84. The van der Waals surface area contributed by atoms with E-state index >= 15 is 0 Å². The van der Waals surface area contributed by atoms with E-state index in [1.165, 1.54) is 50.9 Å². The molecule has 0 aliphatic carbocycles. The minimum Gasteiger partial charge on any atom is -0.303 e. The molecule has 1 heterocycles. The Labute approximate surface area is 98.8 Å². The predicted molar refractivity (Wildman–Crippen MR) is 70.4 cm³/mol. The number of hydrogen-bond acceptors (Lipinski definition) is 1. The van der Waals surface area contributed by atoms with Gasteiger partial charge in [-0.1, -0.05) is 48.9 Å². The van der Waals surface area contributed by atoms with Gasteiger partial charge in [-0.15, -0.1) is 0 Å². The van der Waals surface area contributed by atoms with Gasteiger partial charge in [-0.05, 0) is 37.9 Å². The standard InChI is InChI=1S/C15H21N/c1-3-9-15(10-4-1)11-5-8-14-16-12-6-2-7-13-16/h1,3-5,9-11H,2,6-8,12-14H2. The molecule has 0 atom stereocenters. The first kappa shape index (κ1) is 11.4. The van der Waals surface area contributed by atoms with Crippen molar-refractivity contribution in [2.45, 2.75) is 25.7 Å². The van der Waals surface area contributed by atoms with Crippen molar-refractivity contribution < 1.29 is 0 Å². The molecular formula is C15H21N. The summed E-state index contributed by atoms with van der Waals surface area (Å²) in [5.41, 5.74) is 1.31. The largest absolute Gasteiger partial charge is 0.303 e. The SMILES string of the molecule is C(=Cc1ccccc1)CCN1CCCCC1. The van der Waals surface area contributed by atoms with Crippen LogP contribution in [-0.2, 0) is 0 Å². The van der Waals surface area contributed by atoms with E-state index in [-0.39, 0.29) is 0 Å². The monoisotopic (exact) mass is 215 g/mol. The molecule has 0 aromatic heterocycles. The van der Waals surface area contributed by atoms with E-state index in [2.05, 4.69) is 47.4 Å². The number of rotatable bonds is 4. The minimum absolute atomic E-state index is 1.18. The van der Waals surface area contributed by atoms with Crippen LogP contribution in [0, 0.1) is 0 Å². The quantitative estimate of drug-likeness (QED) is 0.742. The molecule has 1 aliphatic heterocycles. The van der Waals surface area contributed by atoms with E-state index in [4.69, 9.17) is 0 Å². The highest BCUT2D eigenvalue weighted by atomic mass is 15.1. The van der Waals surface area contributed by atoms with Gasteiger partial charge in [0.2, 0.25) is 0 Å². The maximum Gasteiger partial charge on any atom is 0.00160 e. The van der Waals surface area contributed by atoms with Crippen molar-refractivity contribution in [2.75, 3.05) is 19.6 Å². The maximum atomic E-state index is 2.58. The molecule has 0 bridgehead atoms. The van der Waals surface area contributed by atoms with Crippen LogP contribution in [0.3, 0.4) is 0 Å². The zero-order valence-electron chi connectivity index (χ0n) is 9.94. The Hall–Kier alpha value is -1.08. The van der Waals surface area contributed by atoms with Crippen molar-refractivity contribution >= 4 is 6.08 Å². The molecule has 0 saturated carbocycles. The Balaban J connectivity index is 1.69. The molecule has 0 radical (unpaired) electrons. The Kier molecular flexibility index (Phi) is 4.63. The van der Waals surface area contributed by atoms with Crippen molar-refractivity contribution in [3.63, 3.8) is 0 Å². The van der Waals surface area contributed by atoms with Gasteiger partial charge in [0.1, 0.15) is 0 Å². The molecule has 1 saturated heterocycles. The van der Waals surface area contributed by atoms with E-state index in [0.29, 0.717) is 0 Å². The van der Waals surface area contributed by atoms with Gasteiger partial charge in [0.05, 0.1) is 0 Å². The second kappa shape index (κ2) is 6.49. The molecule has 1 fully saturated rings. The van der Waals surface area contributed by atoms with Crippen LogP contribution in [-0.4, -0.2) is 24.5 Å². The van der Waals surface area contributed by atoms with Gasteiger partial charge in [0, 0.05) is 6.54 Å². The lowest BCUT2D eigenvalue weighted by Gasteiger charge is -2.25. The number of nitrogens with zero attached hydrogens (tertiary/aromatic N) is 1. The molecule has 0 amide bonds. The van der Waals surface area contributed by atoms with E-state index < -0.39 is 0 Å². The summed E-state index contributed by atoms with van der Waals surface area (Å²) in [4.78, 5) is 2.58. The molecule has 1 nitrogen and oxygen atoms in total. The Morgan fingerprint density at radius 1 is 1.00 bits per heavy atom. The van der Waals surface area contributed by atoms with Gasteiger partial charge in [0.25, 0.3) is 0 Å². The highest BCUT2D eigenvalue weighted by Gasteiger charge is 2.07. The summed E-state index contributed by atoms with van der Waals surface area (Å²) in [7, 11) is 0. The molecule has 1 heteroatoms. The van der Waals surface area contributed by atoms with Crippen LogP contribution in [0.1, 0.15) is 31.2 Å². The lowest BCUT2D eigenvalue weighted by Crippen LogP contribution is -2.30. The van der Waals surface area contributed by atoms with E-state index in [0.717, 1.165) is 0 Å². The van der Waals surface area contributed by atoms with Gasteiger partial charge in [-0.3, -0.25) is 0 Å². The Morgan fingerprint density at radius 2 is 1.75 bits per heavy atom. The summed E-state index contributed by atoms with van der Waals surface area (Å²) in [6.07, 6.45) is 9.91. The maximum absolute atomic E-state index is 2.58. The number of hydrogen-bond donors (Lipinski definition) is 0. The highest BCUT2D eigenvalue weighted by molar-refractivity contribution is 5.48. The molecule has 2 rings (SSSR count). The zero-order chi connectivity index (χ0) is 11.1. The molecule has 1 aromatic carbocycles. The number of benzene rings is 1. The fraction of sp³-hybridized carbons (Fsp3) is 0.467. The van der Waals surface area contributed by atoms with Crippen molar-refractivity contribution in [1.29, 1.82) is 0 Å². The van der Waals surface area contributed by atoms with Crippen LogP contribution in [0.25, 0.3) is 6.08 Å². The zero-order valence-corrected chi connectivity index (χ0v) is 9.94. The molecule has 1 aliphatic rings. The van der Waals surface area contributed by atoms with Crippen LogP contribution >= 0.6 is 0 Å². The smallest absolute Gasteiger partial charge is 0.00160 e. The molecule has 16 heavy (non-hydrogen) atoms. The van der Waals surface area contributed by atoms with Gasteiger partial charge in [0.15, 0.2) is 0 Å². The number of likely N-dealkylation sites (tertiary alicyclic amines) is 1. The molecule has 0 N–H and O–H groups in total. The summed E-state index contributed by atoms with van der Waals surface area (Å²) < 4.78 is 0. The normalized spacial score (nSPS) is 18.0. The summed E-state index contributed by atoms with van der Waals surface area (Å²) in [5.74, 6) is 0. The van der Waals surface area contributed by atoms with Crippen molar-refractivity contribution in [3.8, 4) is 0 Å². The summed E-state index contributed by atoms with van der Waals surface area (Å²) in [5, 5.41) is 0. The van der Waals surface area contributed by atoms with Crippen LogP contribution in [0.4, 0.5) is 0 Å². The van der Waals surface area contributed by atoms with E-state index in [9.17, 15) is 0 Å². The third-order valence-electron chi connectivity index (χ3n) is 3.17. The fourth-order valence-electron chi connectivity index (χ4n) is 2.22. The van der Waals surface area contributed by atoms with Crippen LogP contribution in [0.15, 0.2) is 36.4 Å².